The van der Waals surface area contributed by atoms with Gasteiger partial charge in [-0.1, -0.05) is 13.8 Å². The van der Waals surface area contributed by atoms with E-state index in [-0.39, 0.29) is 18.5 Å². The normalized spacial score (nSPS) is 16.9. The molecule has 1 atom stereocenters. The lowest BCUT2D eigenvalue weighted by Crippen LogP contribution is -2.50. The highest BCUT2D eigenvalue weighted by Crippen LogP contribution is 2.17. The van der Waals surface area contributed by atoms with Crippen LogP contribution < -0.4 is 10.6 Å². The zero-order valence-corrected chi connectivity index (χ0v) is 17.4. The molecule has 0 aliphatic carbocycles. The molecule has 1 saturated heterocycles. The minimum absolute atomic E-state index is 0.151. The number of amides is 1. The maximum atomic E-state index is 12.5. The molecule has 156 valence electrons. The highest BCUT2D eigenvalue weighted by molar-refractivity contribution is 5.80. The first-order valence-electron chi connectivity index (χ1n) is 10.5. The van der Waals surface area contributed by atoms with Gasteiger partial charge in [0.05, 0.1) is 12.6 Å². The molecule has 1 aromatic rings. The summed E-state index contributed by atoms with van der Waals surface area (Å²) in [6.45, 7) is 8.79. The van der Waals surface area contributed by atoms with E-state index in [1.807, 2.05) is 11.8 Å². The first-order valence-corrected chi connectivity index (χ1v) is 10.5. The number of nitrogens with zero attached hydrogens (tertiary/aromatic N) is 3. The summed E-state index contributed by atoms with van der Waals surface area (Å²) in [6, 6.07) is 3.88. The maximum absolute atomic E-state index is 12.5. The third-order valence-electron chi connectivity index (χ3n) is 5.34. The van der Waals surface area contributed by atoms with Crippen LogP contribution in [0.3, 0.4) is 0 Å². The van der Waals surface area contributed by atoms with Gasteiger partial charge in [0.2, 0.25) is 5.91 Å². The maximum Gasteiger partial charge on any atom is 0.225 e. The predicted octanol–water partition coefficient (Wildman–Crippen LogP) is 2.10. The van der Waals surface area contributed by atoms with Crippen LogP contribution in [0, 0.1) is 5.92 Å². The van der Waals surface area contributed by atoms with Crippen LogP contribution in [0.25, 0.3) is 0 Å². The van der Waals surface area contributed by atoms with Crippen molar-refractivity contribution in [2.75, 3.05) is 26.2 Å². The van der Waals surface area contributed by atoms with E-state index in [2.05, 4.69) is 34.5 Å². The van der Waals surface area contributed by atoms with Gasteiger partial charge in [0.25, 0.3) is 0 Å². The second kappa shape index (κ2) is 11.6. The van der Waals surface area contributed by atoms with Crippen molar-refractivity contribution < 1.29 is 9.90 Å². The summed E-state index contributed by atoms with van der Waals surface area (Å²) >= 11 is 0. The molecule has 0 radical (unpaired) electrons. The molecule has 2 rings (SSSR count). The first kappa shape index (κ1) is 22.1. The van der Waals surface area contributed by atoms with Gasteiger partial charge in [-0.05, 0) is 50.3 Å². The summed E-state index contributed by atoms with van der Waals surface area (Å²) in [5, 5.41) is 17.0. The van der Waals surface area contributed by atoms with E-state index in [1.54, 1.807) is 24.5 Å². The minimum atomic E-state index is -0.655. The number of aliphatic hydroxyl groups is 1. The predicted molar refractivity (Wildman–Crippen MR) is 112 cm³/mol. The molecule has 1 aromatic heterocycles. The molecule has 1 aliphatic heterocycles. The molecule has 28 heavy (non-hydrogen) atoms. The van der Waals surface area contributed by atoms with Crippen LogP contribution in [-0.4, -0.2) is 59.1 Å². The lowest BCUT2D eigenvalue weighted by Gasteiger charge is -2.35. The van der Waals surface area contributed by atoms with E-state index in [9.17, 15) is 9.90 Å². The number of hydrogen-bond acceptors (Lipinski definition) is 4. The van der Waals surface area contributed by atoms with Crippen molar-refractivity contribution in [2.24, 2.45) is 10.9 Å². The Kier molecular flexibility index (Phi) is 9.20. The van der Waals surface area contributed by atoms with Crippen LogP contribution in [0.15, 0.2) is 29.5 Å². The molecule has 0 saturated carbocycles. The summed E-state index contributed by atoms with van der Waals surface area (Å²) in [7, 11) is 0. The van der Waals surface area contributed by atoms with Gasteiger partial charge >= 0.3 is 0 Å². The molecule has 7 heteroatoms. The first-order chi connectivity index (χ1) is 13.6. The topological polar surface area (TPSA) is 89.8 Å². The Morgan fingerprint density at radius 3 is 2.46 bits per heavy atom. The second-order valence-electron chi connectivity index (χ2n) is 7.27. The third-order valence-corrected chi connectivity index (χ3v) is 5.34. The number of rotatable bonds is 8. The van der Waals surface area contributed by atoms with Crippen molar-refractivity contribution in [1.82, 2.24) is 20.5 Å². The molecular formula is C21H35N5O2. The molecular weight excluding hydrogens is 354 g/mol. The van der Waals surface area contributed by atoms with Crippen LogP contribution >= 0.6 is 0 Å². The Morgan fingerprint density at radius 2 is 1.89 bits per heavy atom. The van der Waals surface area contributed by atoms with Crippen molar-refractivity contribution in [1.29, 1.82) is 0 Å². The van der Waals surface area contributed by atoms with Gasteiger partial charge in [0.15, 0.2) is 5.96 Å². The molecule has 0 bridgehead atoms. The standard InChI is InChI=1S/C21H35N5O2/c1-4-16(5-2)20(28)26-13-9-18(10-14-26)25-21(23-6-3)24-15-19(27)17-7-11-22-12-8-17/h7-8,11-12,16,18-19,27H,4-6,9-10,13-15H2,1-3H3,(H2,23,24,25). The summed E-state index contributed by atoms with van der Waals surface area (Å²) in [6.07, 6.45) is 6.31. The van der Waals surface area contributed by atoms with E-state index in [0.717, 1.165) is 50.9 Å². The summed E-state index contributed by atoms with van der Waals surface area (Å²) in [4.78, 5) is 23.1. The SMILES string of the molecule is CCNC(=NCC(O)c1ccncc1)NC1CCN(C(=O)C(CC)CC)CC1. The van der Waals surface area contributed by atoms with Gasteiger partial charge in [-0.3, -0.25) is 14.8 Å². The van der Waals surface area contributed by atoms with E-state index < -0.39 is 6.10 Å². The van der Waals surface area contributed by atoms with Crippen molar-refractivity contribution in [3.05, 3.63) is 30.1 Å². The molecule has 3 N–H and O–H groups in total. The van der Waals surface area contributed by atoms with Crippen LogP contribution in [-0.2, 0) is 4.79 Å². The minimum Gasteiger partial charge on any atom is -0.386 e. The summed E-state index contributed by atoms with van der Waals surface area (Å²) < 4.78 is 0. The molecule has 0 aromatic carbocycles. The number of aliphatic imine (C=N–C) groups is 1. The van der Waals surface area contributed by atoms with Crippen molar-refractivity contribution in [3.63, 3.8) is 0 Å². The van der Waals surface area contributed by atoms with Crippen LogP contribution in [0.4, 0.5) is 0 Å². The molecule has 0 spiro atoms. The monoisotopic (exact) mass is 389 g/mol. The number of guanidine groups is 1. The number of nitrogens with one attached hydrogen (secondary N) is 2. The molecule has 1 amide bonds. The van der Waals surface area contributed by atoms with Crippen molar-refractivity contribution in [2.45, 2.75) is 58.6 Å². The van der Waals surface area contributed by atoms with Gasteiger partial charge in [-0.2, -0.15) is 0 Å². The van der Waals surface area contributed by atoms with Crippen LogP contribution in [0.5, 0.6) is 0 Å². The molecule has 7 nitrogen and oxygen atoms in total. The lowest BCUT2D eigenvalue weighted by molar-refractivity contribution is -0.136. The van der Waals surface area contributed by atoms with Gasteiger partial charge in [0.1, 0.15) is 0 Å². The highest BCUT2D eigenvalue weighted by atomic mass is 16.3. The lowest BCUT2D eigenvalue weighted by atomic mass is 9.98. The van der Waals surface area contributed by atoms with E-state index in [1.165, 1.54) is 0 Å². The Balaban J connectivity index is 1.86. The fourth-order valence-electron chi connectivity index (χ4n) is 3.52. The van der Waals surface area contributed by atoms with Crippen LogP contribution in [0.2, 0.25) is 0 Å². The highest BCUT2D eigenvalue weighted by Gasteiger charge is 2.26. The molecule has 1 aliphatic rings. The fourth-order valence-corrected chi connectivity index (χ4v) is 3.52. The largest absolute Gasteiger partial charge is 0.386 e. The second-order valence-corrected chi connectivity index (χ2v) is 7.27. The van der Waals surface area contributed by atoms with E-state index in [4.69, 9.17) is 0 Å². The van der Waals surface area contributed by atoms with Gasteiger partial charge in [-0.25, -0.2) is 0 Å². The number of aromatic nitrogens is 1. The number of pyridine rings is 1. The summed E-state index contributed by atoms with van der Waals surface area (Å²) in [5.74, 6) is 1.16. The smallest absolute Gasteiger partial charge is 0.225 e. The average Bonchev–Trinajstić information content (AvgIpc) is 2.74. The Labute approximate surface area is 168 Å². The van der Waals surface area contributed by atoms with Gasteiger partial charge in [-0.15, -0.1) is 0 Å². The zero-order valence-electron chi connectivity index (χ0n) is 17.4. The van der Waals surface area contributed by atoms with E-state index in [0.29, 0.717) is 11.9 Å². The molecule has 2 heterocycles. The van der Waals surface area contributed by atoms with Gasteiger partial charge in [0, 0.05) is 44.0 Å². The average molecular weight is 390 g/mol. The molecule has 1 unspecified atom stereocenters. The zero-order chi connectivity index (χ0) is 20.4. The molecule has 1 fully saturated rings. The third kappa shape index (κ3) is 6.48. The van der Waals surface area contributed by atoms with Crippen molar-refractivity contribution >= 4 is 11.9 Å². The quantitative estimate of drug-likeness (QED) is 0.468. The number of aliphatic hydroxyl groups excluding tert-OH is 1. The van der Waals surface area contributed by atoms with Gasteiger partial charge < -0.3 is 20.6 Å². The van der Waals surface area contributed by atoms with Crippen LogP contribution in [0.1, 0.15) is 58.1 Å². The number of likely N-dealkylation sites (tertiary alicyclic amines) is 1. The fraction of sp³-hybridized carbons (Fsp3) is 0.667. The summed E-state index contributed by atoms with van der Waals surface area (Å²) in [5.41, 5.74) is 0.808. The number of carbonyl (C=O) groups excluding carboxylic acids is 1. The number of hydrogen-bond donors (Lipinski definition) is 3. The Hall–Kier alpha value is -2.15. The van der Waals surface area contributed by atoms with E-state index >= 15 is 0 Å². The van der Waals surface area contributed by atoms with Crippen molar-refractivity contribution in [3.8, 4) is 0 Å². The number of carbonyl (C=O) groups is 1. The Morgan fingerprint density at radius 1 is 1.25 bits per heavy atom. The number of piperidine rings is 1. The Bertz CT molecular complexity index is 610.